The van der Waals surface area contributed by atoms with Gasteiger partial charge in [-0.05, 0) is 44.7 Å². The average Bonchev–Trinajstić information content (AvgIpc) is 3.44. The van der Waals surface area contributed by atoms with Crippen molar-refractivity contribution in [3.8, 4) is 22.8 Å². The molecule has 1 amide bonds. The number of halogens is 1. The molecule has 2 N–H and O–H groups in total. The lowest BCUT2D eigenvalue weighted by Gasteiger charge is -2.15. The van der Waals surface area contributed by atoms with Gasteiger partial charge in [-0.1, -0.05) is 6.92 Å². The van der Waals surface area contributed by atoms with E-state index in [0.29, 0.717) is 51.8 Å². The summed E-state index contributed by atoms with van der Waals surface area (Å²) in [6.45, 7) is 7.31. The number of ether oxygens (including phenoxy) is 2. The molecule has 0 unspecified atom stereocenters. The lowest BCUT2D eigenvalue weighted by molar-refractivity contribution is 0.0939. The summed E-state index contributed by atoms with van der Waals surface area (Å²) < 4.78 is 25.7. The highest BCUT2D eigenvalue weighted by Gasteiger charge is 2.28. The second-order valence-corrected chi connectivity index (χ2v) is 9.16. The van der Waals surface area contributed by atoms with E-state index in [1.807, 2.05) is 6.92 Å². The number of nitrogens with zero attached hydrogens (tertiary/aromatic N) is 3. The number of carbonyl (C=O) groups is 1. The number of likely N-dealkylation sites (tertiary alicyclic amines) is 1. The fraction of sp³-hybridized carbons (Fsp3) is 0.480. The van der Waals surface area contributed by atoms with Crippen LogP contribution < -0.4 is 14.8 Å². The van der Waals surface area contributed by atoms with Crippen LogP contribution in [-0.2, 0) is 0 Å². The van der Waals surface area contributed by atoms with Crippen molar-refractivity contribution in [2.24, 2.45) is 5.92 Å². The van der Waals surface area contributed by atoms with Crippen LogP contribution in [-0.4, -0.2) is 65.2 Å². The summed E-state index contributed by atoms with van der Waals surface area (Å²) in [6.07, 6.45) is 4.60. The fourth-order valence-corrected chi connectivity index (χ4v) is 4.59. The summed E-state index contributed by atoms with van der Waals surface area (Å²) in [5.41, 5.74) is 3.47. The van der Waals surface area contributed by atoms with Crippen LogP contribution in [0.1, 0.15) is 42.2 Å². The molecule has 0 bridgehead atoms. The highest BCUT2D eigenvalue weighted by molar-refractivity contribution is 6.09. The molecule has 3 heterocycles. The van der Waals surface area contributed by atoms with E-state index in [1.54, 1.807) is 6.07 Å². The normalized spacial score (nSPS) is 18.4. The Morgan fingerprint density at radius 3 is 2.79 bits per heavy atom. The third-order valence-electron chi connectivity index (χ3n) is 6.73. The van der Waals surface area contributed by atoms with Crippen molar-refractivity contribution in [3.05, 3.63) is 35.5 Å². The molecule has 1 atom stereocenters. The van der Waals surface area contributed by atoms with E-state index in [2.05, 4.69) is 32.1 Å². The molecule has 1 aliphatic heterocycles. The standard InChI is InChI=1S/C25H30FN5O3/c1-4-31-8-7-16(11-31)30-25(32)21-14(2)29-24-22(27-13-28-23(21)24)17-9-20(33-3)18(26)10-19(17)34-12-15-5-6-15/h9-10,13,15-16,29H,4-8,11-12H2,1-3H3,(H,30,32)/t16-/m1/s1. The van der Waals surface area contributed by atoms with E-state index in [-0.39, 0.29) is 17.7 Å². The van der Waals surface area contributed by atoms with Crippen molar-refractivity contribution >= 4 is 16.9 Å². The van der Waals surface area contributed by atoms with Gasteiger partial charge in [-0.15, -0.1) is 0 Å². The number of hydrogen-bond acceptors (Lipinski definition) is 6. The fourth-order valence-electron chi connectivity index (χ4n) is 4.59. The number of aromatic amines is 1. The first kappa shape index (κ1) is 22.6. The van der Waals surface area contributed by atoms with E-state index in [9.17, 15) is 9.18 Å². The number of carbonyl (C=O) groups excluding carboxylic acids is 1. The van der Waals surface area contributed by atoms with Crippen molar-refractivity contribution in [2.45, 2.75) is 39.2 Å². The van der Waals surface area contributed by atoms with Crippen molar-refractivity contribution in [3.63, 3.8) is 0 Å². The predicted molar refractivity (Wildman–Crippen MR) is 127 cm³/mol. The van der Waals surface area contributed by atoms with Gasteiger partial charge in [-0.25, -0.2) is 14.4 Å². The molecular formula is C25H30FN5O3. The summed E-state index contributed by atoms with van der Waals surface area (Å²) in [4.78, 5) is 27.8. The van der Waals surface area contributed by atoms with Gasteiger partial charge in [0.1, 0.15) is 23.3 Å². The smallest absolute Gasteiger partial charge is 0.255 e. The zero-order valence-electron chi connectivity index (χ0n) is 19.8. The number of hydrogen-bond donors (Lipinski definition) is 2. The maximum absolute atomic E-state index is 14.5. The summed E-state index contributed by atoms with van der Waals surface area (Å²) in [5, 5.41) is 3.16. The number of H-pyrrole nitrogens is 1. The van der Waals surface area contributed by atoms with E-state index in [1.165, 1.54) is 19.5 Å². The molecule has 1 aromatic carbocycles. The van der Waals surface area contributed by atoms with Crippen molar-refractivity contribution in [1.82, 2.24) is 25.2 Å². The second-order valence-electron chi connectivity index (χ2n) is 9.16. The second kappa shape index (κ2) is 9.21. The number of nitrogens with one attached hydrogen (secondary N) is 2. The van der Waals surface area contributed by atoms with Crippen LogP contribution in [0.5, 0.6) is 11.5 Å². The molecule has 3 aromatic rings. The van der Waals surface area contributed by atoms with E-state index in [4.69, 9.17) is 9.47 Å². The van der Waals surface area contributed by atoms with Crippen molar-refractivity contribution in [1.29, 1.82) is 0 Å². The number of fused-ring (bicyclic) bond motifs is 1. The molecule has 1 saturated carbocycles. The highest BCUT2D eigenvalue weighted by atomic mass is 19.1. The number of amides is 1. The molecule has 2 aromatic heterocycles. The Bertz CT molecular complexity index is 1220. The maximum Gasteiger partial charge on any atom is 0.255 e. The van der Waals surface area contributed by atoms with Crippen molar-refractivity contribution < 1.29 is 18.7 Å². The third kappa shape index (κ3) is 4.32. The molecule has 2 aliphatic rings. The molecule has 0 spiro atoms. The van der Waals surface area contributed by atoms with Crippen LogP contribution in [0.4, 0.5) is 4.39 Å². The number of aryl methyl sites for hydroxylation is 1. The van der Waals surface area contributed by atoms with Crippen LogP contribution in [0.2, 0.25) is 0 Å². The Morgan fingerprint density at radius 1 is 1.26 bits per heavy atom. The predicted octanol–water partition coefficient (Wildman–Crippen LogP) is 3.69. The monoisotopic (exact) mass is 467 g/mol. The Morgan fingerprint density at radius 2 is 2.09 bits per heavy atom. The average molecular weight is 468 g/mol. The first-order chi connectivity index (χ1) is 16.5. The minimum atomic E-state index is -0.497. The van der Waals surface area contributed by atoms with Crippen molar-refractivity contribution in [2.75, 3.05) is 33.4 Å². The van der Waals surface area contributed by atoms with Crippen LogP contribution in [0, 0.1) is 18.7 Å². The van der Waals surface area contributed by atoms with Crippen LogP contribution in [0.3, 0.4) is 0 Å². The highest BCUT2D eigenvalue weighted by Crippen LogP contribution is 2.39. The maximum atomic E-state index is 14.5. The summed E-state index contributed by atoms with van der Waals surface area (Å²) in [6, 6.07) is 3.04. The zero-order valence-corrected chi connectivity index (χ0v) is 19.8. The number of methoxy groups -OCH3 is 1. The van der Waals surface area contributed by atoms with Gasteiger partial charge in [-0.2, -0.15) is 0 Å². The van der Waals surface area contributed by atoms with Gasteiger partial charge in [-0.3, -0.25) is 4.79 Å². The largest absolute Gasteiger partial charge is 0.494 e. The first-order valence-electron chi connectivity index (χ1n) is 11.9. The van der Waals surface area contributed by atoms with E-state index < -0.39 is 5.82 Å². The van der Waals surface area contributed by atoms with Crippen LogP contribution in [0.25, 0.3) is 22.3 Å². The van der Waals surface area contributed by atoms with Gasteiger partial charge in [0, 0.05) is 36.5 Å². The number of likely N-dealkylation sites (N-methyl/N-ethyl adjacent to an activating group) is 1. The Balaban J connectivity index is 1.52. The zero-order chi connectivity index (χ0) is 23.8. The Labute approximate surface area is 197 Å². The molecule has 180 valence electrons. The first-order valence-corrected chi connectivity index (χ1v) is 11.9. The molecule has 8 nitrogen and oxygen atoms in total. The summed E-state index contributed by atoms with van der Waals surface area (Å²) in [5.74, 6) is 0.351. The molecule has 34 heavy (non-hydrogen) atoms. The van der Waals surface area contributed by atoms with Gasteiger partial charge in [0.15, 0.2) is 11.6 Å². The summed E-state index contributed by atoms with van der Waals surface area (Å²) >= 11 is 0. The molecule has 5 rings (SSSR count). The summed E-state index contributed by atoms with van der Waals surface area (Å²) in [7, 11) is 1.42. The lowest BCUT2D eigenvalue weighted by atomic mass is 10.1. The van der Waals surface area contributed by atoms with Gasteiger partial charge in [0.05, 0.1) is 24.8 Å². The minimum Gasteiger partial charge on any atom is -0.494 e. The third-order valence-corrected chi connectivity index (χ3v) is 6.73. The number of rotatable bonds is 8. The Kier molecular flexibility index (Phi) is 6.12. The molecular weight excluding hydrogens is 437 g/mol. The van der Waals surface area contributed by atoms with Gasteiger partial charge in [0.2, 0.25) is 0 Å². The van der Waals surface area contributed by atoms with Crippen LogP contribution >= 0.6 is 0 Å². The lowest BCUT2D eigenvalue weighted by Crippen LogP contribution is -2.37. The number of benzene rings is 1. The van der Waals surface area contributed by atoms with Gasteiger partial charge >= 0.3 is 0 Å². The quantitative estimate of drug-likeness (QED) is 0.525. The molecule has 0 radical (unpaired) electrons. The Hall–Kier alpha value is -3.20. The van der Waals surface area contributed by atoms with E-state index in [0.717, 1.165) is 38.9 Å². The van der Waals surface area contributed by atoms with E-state index >= 15 is 0 Å². The molecule has 1 aliphatic carbocycles. The topological polar surface area (TPSA) is 92.4 Å². The SMILES string of the molecule is CCN1CC[C@@H](NC(=O)c2c(C)[nH]c3c(-c4cc(OC)c(F)cc4OCC4CC4)ncnc23)C1. The van der Waals surface area contributed by atoms with Gasteiger partial charge in [0.25, 0.3) is 5.91 Å². The molecule has 2 fully saturated rings. The molecule has 1 saturated heterocycles. The minimum absolute atomic E-state index is 0.100. The number of aromatic nitrogens is 3. The molecule has 9 heteroatoms. The van der Waals surface area contributed by atoms with Gasteiger partial charge < -0.3 is 24.7 Å². The van der Waals surface area contributed by atoms with Crippen LogP contribution in [0.15, 0.2) is 18.5 Å².